The molecule has 1 rings (SSSR count). The average Bonchev–Trinajstić information content (AvgIpc) is 2.27. The summed E-state index contributed by atoms with van der Waals surface area (Å²) in [5.74, 6) is 0. The molecule has 2 nitrogen and oxygen atoms in total. The molecule has 0 saturated heterocycles. The number of methoxy groups -OCH3 is 1. The van der Waals surface area contributed by atoms with Crippen LogP contribution in [0, 0.1) is 6.92 Å². The maximum Gasteiger partial charge on any atom is 0.0613 e. The van der Waals surface area contributed by atoms with Crippen molar-refractivity contribution in [2.24, 2.45) is 0 Å². The van der Waals surface area contributed by atoms with Gasteiger partial charge in [-0.3, -0.25) is 0 Å². The van der Waals surface area contributed by atoms with E-state index in [-0.39, 0.29) is 0 Å². The number of benzene rings is 1. The van der Waals surface area contributed by atoms with E-state index in [1.807, 2.05) is 0 Å². The van der Waals surface area contributed by atoms with E-state index in [2.05, 4.69) is 43.6 Å². The second-order valence-corrected chi connectivity index (χ2v) is 4.89. The van der Waals surface area contributed by atoms with E-state index in [1.165, 1.54) is 16.0 Å². The van der Waals surface area contributed by atoms with Crippen LogP contribution in [0.25, 0.3) is 0 Å². The summed E-state index contributed by atoms with van der Waals surface area (Å²) in [6.45, 7) is 5.95. The first kappa shape index (κ1) is 13.6. The van der Waals surface area contributed by atoms with Crippen LogP contribution in [0.15, 0.2) is 23.1 Å². The molecule has 0 aromatic heterocycles. The van der Waals surface area contributed by atoms with Crippen LogP contribution in [0.1, 0.15) is 18.1 Å². The van der Waals surface area contributed by atoms with E-state index in [0.29, 0.717) is 6.04 Å². The molecule has 0 saturated carbocycles. The molecule has 0 fully saturated rings. The van der Waals surface area contributed by atoms with Gasteiger partial charge in [0, 0.05) is 24.6 Å². The van der Waals surface area contributed by atoms with E-state index >= 15 is 0 Å². The van der Waals surface area contributed by atoms with Gasteiger partial charge in [-0.15, -0.1) is 11.8 Å². The van der Waals surface area contributed by atoms with Crippen molar-refractivity contribution in [1.29, 1.82) is 0 Å². The Hall–Kier alpha value is -0.510. The second kappa shape index (κ2) is 6.94. The highest BCUT2D eigenvalue weighted by molar-refractivity contribution is 7.98. The van der Waals surface area contributed by atoms with Crippen molar-refractivity contribution in [3.8, 4) is 0 Å². The zero-order valence-corrected chi connectivity index (χ0v) is 11.4. The number of hydrogen-bond acceptors (Lipinski definition) is 3. The molecule has 1 atom stereocenters. The molecule has 16 heavy (non-hydrogen) atoms. The second-order valence-electron chi connectivity index (χ2n) is 4.04. The monoisotopic (exact) mass is 239 g/mol. The molecule has 1 unspecified atom stereocenters. The largest absolute Gasteiger partial charge is 0.383 e. The van der Waals surface area contributed by atoms with Gasteiger partial charge in [0.1, 0.15) is 0 Å². The molecular weight excluding hydrogens is 218 g/mol. The van der Waals surface area contributed by atoms with Crippen molar-refractivity contribution in [3.05, 3.63) is 29.3 Å². The maximum absolute atomic E-state index is 5.09. The summed E-state index contributed by atoms with van der Waals surface area (Å²) in [6.07, 6.45) is 2.11. The quantitative estimate of drug-likeness (QED) is 0.771. The first-order valence-corrected chi connectivity index (χ1v) is 6.75. The average molecular weight is 239 g/mol. The Balaban J connectivity index is 2.51. The van der Waals surface area contributed by atoms with E-state index in [0.717, 1.165) is 13.2 Å². The predicted octanol–water partition coefficient (Wildman–Crippen LogP) is 2.84. The van der Waals surface area contributed by atoms with Gasteiger partial charge in [-0.2, -0.15) is 0 Å². The first-order chi connectivity index (χ1) is 7.67. The zero-order chi connectivity index (χ0) is 12.0. The minimum atomic E-state index is 0.394. The molecule has 0 radical (unpaired) electrons. The number of ether oxygens (including phenoxy) is 1. The van der Waals surface area contributed by atoms with E-state index < -0.39 is 0 Å². The van der Waals surface area contributed by atoms with Gasteiger partial charge in [-0.05, 0) is 37.3 Å². The number of rotatable bonds is 6. The van der Waals surface area contributed by atoms with Crippen LogP contribution >= 0.6 is 11.8 Å². The van der Waals surface area contributed by atoms with Crippen LogP contribution in [0.2, 0.25) is 0 Å². The zero-order valence-electron chi connectivity index (χ0n) is 10.5. The van der Waals surface area contributed by atoms with Crippen molar-refractivity contribution < 1.29 is 4.74 Å². The van der Waals surface area contributed by atoms with Crippen molar-refractivity contribution in [1.82, 2.24) is 5.32 Å². The topological polar surface area (TPSA) is 21.3 Å². The van der Waals surface area contributed by atoms with Crippen molar-refractivity contribution in [3.63, 3.8) is 0 Å². The molecule has 0 amide bonds. The highest BCUT2D eigenvalue weighted by Crippen LogP contribution is 2.20. The van der Waals surface area contributed by atoms with Crippen LogP contribution in [0.3, 0.4) is 0 Å². The number of thioether (sulfide) groups is 1. The molecule has 0 heterocycles. The lowest BCUT2D eigenvalue weighted by molar-refractivity contribution is 0.171. The summed E-state index contributed by atoms with van der Waals surface area (Å²) in [5.41, 5.74) is 2.68. The summed E-state index contributed by atoms with van der Waals surface area (Å²) >= 11 is 1.80. The lowest BCUT2D eigenvalue weighted by Crippen LogP contribution is -2.29. The van der Waals surface area contributed by atoms with Crippen LogP contribution < -0.4 is 5.32 Å². The number of hydrogen-bond donors (Lipinski definition) is 1. The van der Waals surface area contributed by atoms with E-state index in [1.54, 1.807) is 18.9 Å². The molecule has 0 aliphatic rings. The fourth-order valence-electron chi connectivity index (χ4n) is 1.65. The van der Waals surface area contributed by atoms with Crippen molar-refractivity contribution in [2.45, 2.75) is 31.3 Å². The lowest BCUT2D eigenvalue weighted by Gasteiger charge is -2.13. The van der Waals surface area contributed by atoms with Crippen molar-refractivity contribution in [2.75, 3.05) is 20.0 Å². The lowest BCUT2D eigenvalue weighted by atomic mass is 10.1. The SMILES string of the molecule is COCC(C)NCc1ccc(SC)c(C)c1. The maximum atomic E-state index is 5.09. The number of aryl methyl sites for hydroxylation is 1. The van der Waals surface area contributed by atoms with Gasteiger partial charge in [-0.25, -0.2) is 0 Å². The van der Waals surface area contributed by atoms with Gasteiger partial charge >= 0.3 is 0 Å². The van der Waals surface area contributed by atoms with Gasteiger partial charge in [0.05, 0.1) is 6.61 Å². The Morgan fingerprint density at radius 1 is 1.44 bits per heavy atom. The molecule has 1 aromatic rings. The van der Waals surface area contributed by atoms with E-state index in [4.69, 9.17) is 4.74 Å². The summed E-state index contributed by atoms with van der Waals surface area (Å²) in [6, 6.07) is 7.02. The van der Waals surface area contributed by atoms with Crippen LogP contribution in [0.5, 0.6) is 0 Å². The predicted molar refractivity (Wildman–Crippen MR) is 71.1 cm³/mol. The smallest absolute Gasteiger partial charge is 0.0613 e. The number of nitrogens with one attached hydrogen (secondary N) is 1. The van der Waals surface area contributed by atoms with Gasteiger partial charge in [0.2, 0.25) is 0 Å². The Kier molecular flexibility index (Phi) is 5.88. The summed E-state index contributed by atoms with van der Waals surface area (Å²) in [5, 5.41) is 3.43. The highest BCUT2D eigenvalue weighted by atomic mass is 32.2. The first-order valence-electron chi connectivity index (χ1n) is 5.53. The third kappa shape index (κ3) is 4.16. The van der Waals surface area contributed by atoms with Crippen LogP contribution in [-0.2, 0) is 11.3 Å². The normalized spacial score (nSPS) is 12.8. The van der Waals surface area contributed by atoms with E-state index in [9.17, 15) is 0 Å². The standard InChI is InChI=1S/C13H21NOS/c1-10-7-12(5-6-13(10)16-4)8-14-11(2)9-15-3/h5-7,11,14H,8-9H2,1-4H3. The van der Waals surface area contributed by atoms with Gasteiger partial charge in [-0.1, -0.05) is 12.1 Å². The van der Waals surface area contributed by atoms with Gasteiger partial charge < -0.3 is 10.1 Å². The molecule has 3 heteroatoms. The summed E-state index contributed by atoms with van der Waals surface area (Å²) in [7, 11) is 1.73. The molecule has 1 aromatic carbocycles. The Labute approximate surface area is 103 Å². The third-order valence-electron chi connectivity index (χ3n) is 2.53. The molecule has 1 N–H and O–H groups in total. The minimum absolute atomic E-state index is 0.394. The van der Waals surface area contributed by atoms with Crippen molar-refractivity contribution >= 4 is 11.8 Å². The Morgan fingerprint density at radius 2 is 2.19 bits per heavy atom. The molecule has 0 aliphatic heterocycles. The van der Waals surface area contributed by atoms with Gasteiger partial charge in [0.15, 0.2) is 0 Å². The minimum Gasteiger partial charge on any atom is -0.383 e. The fraction of sp³-hybridized carbons (Fsp3) is 0.538. The Bertz CT molecular complexity index is 328. The fourth-order valence-corrected chi connectivity index (χ4v) is 2.24. The van der Waals surface area contributed by atoms with Crippen LogP contribution in [-0.4, -0.2) is 26.0 Å². The summed E-state index contributed by atoms with van der Waals surface area (Å²) < 4.78 is 5.09. The molecule has 90 valence electrons. The third-order valence-corrected chi connectivity index (χ3v) is 3.43. The highest BCUT2D eigenvalue weighted by Gasteiger charge is 2.02. The Morgan fingerprint density at radius 3 is 2.75 bits per heavy atom. The molecule has 0 spiro atoms. The molecule has 0 bridgehead atoms. The molecule has 0 aliphatic carbocycles. The van der Waals surface area contributed by atoms with Gasteiger partial charge in [0.25, 0.3) is 0 Å². The summed E-state index contributed by atoms with van der Waals surface area (Å²) in [4.78, 5) is 1.36. The van der Waals surface area contributed by atoms with Crippen LogP contribution in [0.4, 0.5) is 0 Å². The molecular formula is C13H21NOS.